The number of likely N-dealkylation sites (tertiary alicyclic amines) is 1. The van der Waals surface area contributed by atoms with Crippen LogP contribution < -0.4 is 5.73 Å². The van der Waals surface area contributed by atoms with Gasteiger partial charge in [0.1, 0.15) is 6.17 Å². The number of aromatic nitrogens is 1. The number of primary amides is 1. The number of carbonyl (C=O) groups is 1. The van der Waals surface area contributed by atoms with Crippen LogP contribution >= 0.6 is 11.6 Å². The van der Waals surface area contributed by atoms with E-state index in [9.17, 15) is 9.18 Å². The summed E-state index contributed by atoms with van der Waals surface area (Å²) in [6, 6.07) is 6.80. The first-order valence-corrected chi connectivity index (χ1v) is 7.13. The monoisotopic (exact) mass is 307 g/mol. The molecule has 2 N–H and O–H groups in total. The summed E-state index contributed by atoms with van der Waals surface area (Å²) < 4.78 is 13.6. The summed E-state index contributed by atoms with van der Waals surface area (Å²) in [7, 11) is 0. The largest absolute Gasteiger partial charge is 0.368 e. The molecule has 0 radical (unpaired) electrons. The van der Waals surface area contributed by atoms with Crippen LogP contribution in [0.4, 0.5) is 4.39 Å². The molecule has 4 nitrogen and oxygen atoms in total. The van der Waals surface area contributed by atoms with Gasteiger partial charge in [-0.05, 0) is 23.8 Å². The van der Waals surface area contributed by atoms with E-state index >= 15 is 0 Å². The van der Waals surface area contributed by atoms with E-state index in [0.717, 1.165) is 16.5 Å². The molecule has 2 heterocycles. The molecule has 6 heteroatoms. The Balaban J connectivity index is 1.95. The van der Waals surface area contributed by atoms with Gasteiger partial charge in [0.15, 0.2) is 0 Å². The number of amides is 1. The van der Waals surface area contributed by atoms with Gasteiger partial charge in [-0.3, -0.25) is 14.7 Å². The van der Waals surface area contributed by atoms with Gasteiger partial charge in [-0.1, -0.05) is 17.7 Å². The summed E-state index contributed by atoms with van der Waals surface area (Å²) in [5.41, 5.74) is 7.04. The van der Waals surface area contributed by atoms with Crippen molar-refractivity contribution in [2.24, 2.45) is 5.73 Å². The van der Waals surface area contributed by atoms with E-state index in [2.05, 4.69) is 4.98 Å². The number of halogens is 2. The van der Waals surface area contributed by atoms with Crippen molar-refractivity contribution in [3.8, 4) is 0 Å². The number of nitrogens with two attached hydrogens (primary N) is 1. The molecule has 1 saturated heterocycles. The number of nitrogens with zero attached hydrogens (tertiary/aromatic N) is 2. The molecule has 0 spiro atoms. The lowest BCUT2D eigenvalue weighted by atomic mass is 10.1. The van der Waals surface area contributed by atoms with Crippen molar-refractivity contribution in [3.05, 3.63) is 41.0 Å². The predicted octanol–water partition coefficient (Wildman–Crippen LogP) is 2.29. The van der Waals surface area contributed by atoms with Gasteiger partial charge >= 0.3 is 0 Å². The minimum atomic E-state index is -1.02. The van der Waals surface area contributed by atoms with E-state index in [1.54, 1.807) is 17.2 Å². The maximum Gasteiger partial charge on any atom is 0.234 e. The molecule has 1 aliphatic heterocycles. The highest BCUT2D eigenvalue weighted by molar-refractivity contribution is 6.35. The second kappa shape index (κ2) is 5.58. The smallest absolute Gasteiger partial charge is 0.234 e. The Hall–Kier alpha value is -1.72. The molecule has 0 aliphatic carbocycles. The summed E-state index contributed by atoms with van der Waals surface area (Å²) in [5.74, 6) is -0.485. The number of carbonyl (C=O) groups excluding carboxylic acids is 1. The summed E-state index contributed by atoms with van der Waals surface area (Å²) in [6.07, 6.45) is 0.832. The van der Waals surface area contributed by atoms with Gasteiger partial charge in [-0.2, -0.15) is 0 Å². The maximum atomic E-state index is 13.6. The Kier molecular flexibility index (Phi) is 3.78. The second-order valence-corrected chi connectivity index (χ2v) is 5.69. The van der Waals surface area contributed by atoms with Crippen molar-refractivity contribution in [2.45, 2.75) is 25.2 Å². The van der Waals surface area contributed by atoms with E-state index < -0.39 is 18.1 Å². The standard InChI is InChI=1S/C15H15ClFN3O/c16-12-4-3-9(14-11(12)2-1-5-19-14)7-20-8-10(17)6-13(20)15(18)21/h1-5,10,13H,6-8H2,(H2,18,21)/t10-,13+/m1/s1. The Morgan fingerprint density at radius 1 is 1.48 bits per heavy atom. The second-order valence-electron chi connectivity index (χ2n) is 5.29. The van der Waals surface area contributed by atoms with Crippen molar-refractivity contribution < 1.29 is 9.18 Å². The van der Waals surface area contributed by atoms with Crippen LogP contribution in [0.1, 0.15) is 12.0 Å². The molecular weight excluding hydrogens is 293 g/mol. The van der Waals surface area contributed by atoms with Gasteiger partial charge < -0.3 is 5.73 Å². The van der Waals surface area contributed by atoms with E-state index in [1.807, 2.05) is 18.2 Å². The third kappa shape index (κ3) is 2.71. The lowest BCUT2D eigenvalue weighted by molar-refractivity contribution is -0.122. The summed E-state index contributed by atoms with van der Waals surface area (Å²) in [5, 5.41) is 1.47. The van der Waals surface area contributed by atoms with Crippen LogP contribution in [0.5, 0.6) is 0 Å². The molecule has 1 fully saturated rings. The minimum Gasteiger partial charge on any atom is -0.368 e. The normalized spacial score (nSPS) is 22.8. The molecule has 0 saturated carbocycles. The van der Waals surface area contributed by atoms with Crippen LogP contribution in [-0.2, 0) is 11.3 Å². The Bertz CT molecular complexity index is 694. The van der Waals surface area contributed by atoms with Gasteiger partial charge in [0.05, 0.1) is 11.6 Å². The highest BCUT2D eigenvalue weighted by atomic mass is 35.5. The maximum absolute atomic E-state index is 13.6. The van der Waals surface area contributed by atoms with Gasteiger partial charge in [0.2, 0.25) is 5.91 Å². The number of hydrogen-bond acceptors (Lipinski definition) is 3. The summed E-state index contributed by atoms with van der Waals surface area (Å²) in [6.45, 7) is 0.642. The Morgan fingerprint density at radius 2 is 2.29 bits per heavy atom. The molecule has 0 unspecified atom stereocenters. The fourth-order valence-electron chi connectivity index (χ4n) is 2.86. The molecule has 110 valence electrons. The average Bonchev–Trinajstić information content (AvgIpc) is 2.83. The zero-order chi connectivity index (χ0) is 15.0. The first-order valence-electron chi connectivity index (χ1n) is 6.76. The van der Waals surface area contributed by atoms with Crippen LogP contribution in [0.25, 0.3) is 10.9 Å². The van der Waals surface area contributed by atoms with Crippen LogP contribution in [-0.4, -0.2) is 34.5 Å². The number of rotatable bonds is 3. The van der Waals surface area contributed by atoms with Gasteiger partial charge in [-0.15, -0.1) is 0 Å². The van der Waals surface area contributed by atoms with Crippen molar-refractivity contribution in [3.63, 3.8) is 0 Å². The van der Waals surface area contributed by atoms with Crippen molar-refractivity contribution in [2.75, 3.05) is 6.54 Å². The average molecular weight is 308 g/mol. The number of hydrogen-bond donors (Lipinski definition) is 1. The van der Waals surface area contributed by atoms with E-state index in [4.69, 9.17) is 17.3 Å². The van der Waals surface area contributed by atoms with Crippen LogP contribution in [0.2, 0.25) is 5.02 Å². The molecule has 1 aromatic heterocycles. The van der Waals surface area contributed by atoms with Crippen LogP contribution in [0.15, 0.2) is 30.5 Å². The SMILES string of the molecule is NC(=O)[C@@H]1C[C@@H](F)CN1Cc1ccc(Cl)c2cccnc12. The van der Waals surface area contributed by atoms with Crippen molar-refractivity contribution in [1.82, 2.24) is 9.88 Å². The highest BCUT2D eigenvalue weighted by Gasteiger charge is 2.35. The quantitative estimate of drug-likeness (QED) is 0.946. The van der Waals surface area contributed by atoms with E-state index in [0.29, 0.717) is 11.6 Å². The molecule has 1 aliphatic rings. The topological polar surface area (TPSA) is 59.2 Å². The number of benzene rings is 1. The highest BCUT2D eigenvalue weighted by Crippen LogP contribution is 2.28. The fraction of sp³-hybridized carbons (Fsp3) is 0.333. The molecule has 0 bridgehead atoms. The van der Waals surface area contributed by atoms with Crippen LogP contribution in [0, 0.1) is 0 Å². The zero-order valence-corrected chi connectivity index (χ0v) is 12.1. The lowest BCUT2D eigenvalue weighted by Crippen LogP contribution is -2.39. The molecule has 1 aromatic carbocycles. The molecule has 1 amide bonds. The fourth-order valence-corrected chi connectivity index (χ4v) is 3.08. The molecule has 21 heavy (non-hydrogen) atoms. The van der Waals surface area contributed by atoms with Gasteiger partial charge in [-0.25, -0.2) is 4.39 Å². The molecule has 2 atom stereocenters. The third-order valence-electron chi connectivity index (χ3n) is 3.85. The number of pyridine rings is 1. The Morgan fingerprint density at radius 3 is 3.05 bits per heavy atom. The number of alkyl halides is 1. The molecular formula is C15H15ClFN3O. The first-order chi connectivity index (χ1) is 10.1. The summed E-state index contributed by atoms with van der Waals surface area (Å²) >= 11 is 6.16. The van der Waals surface area contributed by atoms with Crippen molar-refractivity contribution >= 4 is 28.4 Å². The van der Waals surface area contributed by atoms with E-state index in [-0.39, 0.29) is 13.0 Å². The zero-order valence-electron chi connectivity index (χ0n) is 11.3. The predicted molar refractivity (Wildman–Crippen MR) is 79.7 cm³/mol. The van der Waals surface area contributed by atoms with Crippen LogP contribution in [0.3, 0.4) is 0 Å². The van der Waals surface area contributed by atoms with Gasteiger partial charge in [0, 0.05) is 36.1 Å². The van der Waals surface area contributed by atoms with Gasteiger partial charge in [0.25, 0.3) is 0 Å². The lowest BCUT2D eigenvalue weighted by Gasteiger charge is -2.22. The molecule has 3 rings (SSSR count). The summed E-state index contributed by atoms with van der Waals surface area (Å²) in [4.78, 5) is 17.6. The van der Waals surface area contributed by atoms with Crippen molar-refractivity contribution in [1.29, 1.82) is 0 Å². The first kappa shape index (κ1) is 14.2. The Labute approximate surface area is 126 Å². The third-order valence-corrected chi connectivity index (χ3v) is 4.18. The van der Waals surface area contributed by atoms with E-state index in [1.165, 1.54) is 0 Å². The molecule has 2 aromatic rings. The number of fused-ring (bicyclic) bond motifs is 1. The minimum absolute atomic E-state index is 0.161.